The van der Waals surface area contributed by atoms with Crippen molar-refractivity contribution in [2.75, 3.05) is 12.9 Å². The van der Waals surface area contributed by atoms with Crippen molar-refractivity contribution in [1.29, 1.82) is 0 Å². The fourth-order valence-corrected chi connectivity index (χ4v) is 2.43. The van der Waals surface area contributed by atoms with E-state index in [1.54, 1.807) is 0 Å². The van der Waals surface area contributed by atoms with E-state index in [0.29, 0.717) is 0 Å². The topological polar surface area (TPSA) is 142 Å². The Morgan fingerprint density at radius 3 is 2.42 bits per heavy atom. The fourth-order valence-electron chi connectivity index (χ4n) is 1.79. The van der Waals surface area contributed by atoms with Gasteiger partial charge in [-0.3, -0.25) is 8.98 Å². The minimum atomic E-state index is -3.91. The Kier molecular flexibility index (Phi) is 5.24. The van der Waals surface area contributed by atoms with Crippen molar-refractivity contribution in [3.05, 3.63) is 0 Å². The molecule has 1 aliphatic heterocycles. The van der Waals surface area contributed by atoms with Gasteiger partial charge in [-0.1, -0.05) is 0 Å². The minimum Gasteiger partial charge on any atom is -0.394 e. The standard InChI is InChI=1S/C9H17NO8S/c1-4(12)10-6-7(13)8(18-19(2,15)16)5(3-11)17-9(6)14/h5-9,11,13-14H,3H2,1-2H3,(H,10,12)/t5-,6-,7-,8+,9-/m0/s1. The van der Waals surface area contributed by atoms with Crippen LogP contribution in [0.25, 0.3) is 0 Å². The van der Waals surface area contributed by atoms with Crippen molar-refractivity contribution in [3.63, 3.8) is 0 Å². The number of nitrogens with one attached hydrogen (secondary N) is 1. The minimum absolute atomic E-state index is 0.549. The number of aliphatic hydroxyl groups excluding tert-OH is 3. The van der Waals surface area contributed by atoms with E-state index in [2.05, 4.69) is 9.50 Å². The first kappa shape index (κ1) is 16.3. The summed E-state index contributed by atoms with van der Waals surface area (Å²) in [7, 11) is -3.91. The van der Waals surface area contributed by atoms with Crippen LogP contribution >= 0.6 is 0 Å². The number of rotatable bonds is 4. The Morgan fingerprint density at radius 2 is 2.00 bits per heavy atom. The summed E-state index contributed by atoms with van der Waals surface area (Å²) < 4.78 is 31.7. The van der Waals surface area contributed by atoms with Crippen molar-refractivity contribution in [2.45, 2.75) is 37.6 Å². The van der Waals surface area contributed by atoms with Gasteiger partial charge in [0.1, 0.15) is 24.4 Å². The van der Waals surface area contributed by atoms with Gasteiger partial charge in [0.25, 0.3) is 10.1 Å². The van der Waals surface area contributed by atoms with Crippen molar-refractivity contribution < 1.29 is 37.5 Å². The molecule has 0 saturated carbocycles. The van der Waals surface area contributed by atoms with E-state index >= 15 is 0 Å². The second kappa shape index (κ2) is 6.11. The Bertz CT molecular complexity index is 424. The number of aliphatic hydroxyl groups is 3. The van der Waals surface area contributed by atoms with Crippen LogP contribution < -0.4 is 5.32 Å². The molecule has 10 heteroatoms. The zero-order valence-corrected chi connectivity index (χ0v) is 11.2. The largest absolute Gasteiger partial charge is 0.394 e. The van der Waals surface area contributed by atoms with Crippen LogP contribution in [0.2, 0.25) is 0 Å². The van der Waals surface area contributed by atoms with Crippen molar-refractivity contribution in [3.8, 4) is 0 Å². The maximum atomic E-state index is 11.1. The summed E-state index contributed by atoms with van der Waals surface area (Å²) in [5.41, 5.74) is 0. The maximum absolute atomic E-state index is 11.1. The lowest BCUT2D eigenvalue weighted by atomic mass is 9.97. The summed E-state index contributed by atoms with van der Waals surface area (Å²) in [5, 5.41) is 30.8. The van der Waals surface area contributed by atoms with Gasteiger partial charge in [0.05, 0.1) is 12.9 Å². The van der Waals surface area contributed by atoms with Crippen LogP contribution in [0, 0.1) is 0 Å². The molecule has 0 aromatic rings. The van der Waals surface area contributed by atoms with E-state index in [-0.39, 0.29) is 0 Å². The molecule has 1 saturated heterocycles. The highest BCUT2D eigenvalue weighted by Crippen LogP contribution is 2.23. The number of hydrogen-bond donors (Lipinski definition) is 4. The Morgan fingerprint density at radius 1 is 1.42 bits per heavy atom. The van der Waals surface area contributed by atoms with E-state index in [4.69, 9.17) is 9.84 Å². The molecule has 112 valence electrons. The predicted molar refractivity (Wildman–Crippen MR) is 61.3 cm³/mol. The normalized spacial score (nSPS) is 35.9. The molecule has 9 nitrogen and oxygen atoms in total. The smallest absolute Gasteiger partial charge is 0.264 e. The number of carbonyl (C=O) groups excluding carboxylic acids is 1. The quantitative estimate of drug-likeness (QED) is 0.400. The van der Waals surface area contributed by atoms with Crippen LogP contribution in [-0.2, 0) is 23.8 Å². The molecule has 0 aliphatic carbocycles. The number of hydrogen-bond acceptors (Lipinski definition) is 8. The Hall–Kier alpha value is -0.780. The third kappa shape index (κ3) is 4.37. The number of carbonyl (C=O) groups is 1. The zero-order valence-electron chi connectivity index (χ0n) is 10.4. The lowest BCUT2D eigenvalue weighted by molar-refractivity contribution is -0.247. The van der Waals surface area contributed by atoms with Crippen LogP contribution in [0.5, 0.6) is 0 Å². The summed E-state index contributed by atoms with van der Waals surface area (Å²) in [4.78, 5) is 10.9. The van der Waals surface area contributed by atoms with E-state index in [0.717, 1.165) is 13.2 Å². The van der Waals surface area contributed by atoms with Crippen molar-refractivity contribution in [2.24, 2.45) is 0 Å². The second-order valence-corrected chi connectivity index (χ2v) is 5.83. The van der Waals surface area contributed by atoms with Gasteiger partial charge >= 0.3 is 0 Å². The van der Waals surface area contributed by atoms with Gasteiger partial charge in [-0.2, -0.15) is 8.42 Å². The third-order valence-corrected chi connectivity index (χ3v) is 3.10. The SMILES string of the molecule is CC(=O)N[C@H]1[C@H](O)[C@H](OS(C)(=O)=O)[C@H](CO)O[C@@H]1O. The van der Waals surface area contributed by atoms with Gasteiger partial charge in [0.15, 0.2) is 6.29 Å². The van der Waals surface area contributed by atoms with Gasteiger partial charge in [-0.05, 0) is 0 Å². The molecule has 19 heavy (non-hydrogen) atoms. The number of amides is 1. The molecule has 1 aliphatic rings. The Labute approximate surface area is 110 Å². The molecule has 0 radical (unpaired) electrons. The first-order chi connectivity index (χ1) is 8.65. The first-order valence-corrected chi connectivity index (χ1v) is 7.25. The fraction of sp³-hybridized carbons (Fsp3) is 0.889. The predicted octanol–water partition coefficient (Wildman–Crippen LogP) is -3.09. The lowest BCUT2D eigenvalue weighted by Gasteiger charge is -2.41. The summed E-state index contributed by atoms with van der Waals surface area (Å²) in [6.07, 6.45) is -5.04. The van der Waals surface area contributed by atoms with E-state index in [1.807, 2.05) is 0 Å². The third-order valence-electron chi connectivity index (χ3n) is 2.53. The maximum Gasteiger partial charge on any atom is 0.264 e. The van der Waals surface area contributed by atoms with E-state index in [1.165, 1.54) is 0 Å². The molecule has 0 aromatic heterocycles. The summed E-state index contributed by atoms with van der Waals surface area (Å²) in [5.74, 6) is -0.549. The van der Waals surface area contributed by atoms with Gasteiger partial charge in [0, 0.05) is 6.92 Å². The van der Waals surface area contributed by atoms with Crippen molar-refractivity contribution >= 4 is 16.0 Å². The van der Waals surface area contributed by atoms with E-state index < -0.39 is 53.3 Å². The molecule has 0 aromatic carbocycles. The van der Waals surface area contributed by atoms with Gasteiger partial charge < -0.3 is 25.4 Å². The Balaban J connectivity index is 2.94. The molecule has 4 N–H and O–H groups in total. The lowest BCUT2D eigenvalue weighted by Crippen LogP contribution is -2.64. The molecule has 1 fully saturated rings. The first-order valence-electron chi connectivity index (χ1n) is 5.43. The molecule has 0 unspecified atom stereocenters. The van der Waals surface area contributed by atoms with Crippen LogP contribution in [0.15, 0.2) is 0 Å². The molecule has 1 amide bonds. The zero-order chi connectivity index (χ0) is 14.8. The number of ether oxygens (including phenoxy) is 1. The highest BCUT2D eigenvalue weighted by Gasteiger charge is 2.47. The van der Waals surface area contributed by atoms with Crippen LogP contribution in [0.3, 0.4) is 0 Å². The van der Waals surface area contributed by atoms with E-state index in [9.17, 15) is 23.4 Å². The van der Waals surface area contributed by atoms with Crippen molar-refractivity contribution in [1.82, 2.24) is 5.32 Å². The van der Waals surface area contributed by atoms with Crippen LogP contribution in [-0.4, -0.2) is 73.2 Å². The highest BCUT2D eigenvalue weighted by molar-refractivity contribution is 7.86. The summed E-state index contributed by atoms with van der Waals surface area (Å²) >= 11 is 0. The average molecular weight is 299 g/mol. The van der Waals surface area contributed by atoms with Crippen LogP contribution in [0.4, 0.5) is 0 Å². The average Bonchev–Trinajstić information content (AvgIpc) is 2.26. The molecular formula is C9H17NO8S. The molecular weight excluding hydrogens is 282 g/mol. The monoisotopic (exact) mass is 299 g/mol. The molecule has 1 heterocycles. The molecule has 1 rings (SSSR count). The highest BCUT2D eigenvalue weighted by atomic mass is 32.2. The van der Waals surface area contributed by atoms with Crippen LogP contribution in [0.1, 0.15) is 6.92 Å². The van der Waals surface area contributed by atoms with Gasteiger partial charge in [0.2, 0.25) is 5.91 Å². The van der Waals surface area contributed by atoms with Gasteiger partial charge in [-0.25, -0.2) is 0 Å². The molecule has 0 spiro atoms. The molecule has 0 bridgehead atoms. The molecule has 5 atom stereocenters. The summed E-state index contributed by atoms with van der Waals surface area (Å²) in [6, 6.07) is -1.26. The van der Waals surface area contributed by atoms with Gasteiger partial charge in [-0.15, -0.1) is 0 Å². The second-order valence-electron chi connectivity index (χ2n) is 4.23. The summed E-state index contributed by atoms with van der Waals surface area (Å²) in [6.45, 7) is 0.491.